The summed E-state index contributed by atoms with van der Waals surface area (Å²) in [5, 5.41) is 2.61. The molecule has 2 aliphatic carbocycles. The standard InChI is InChI=1S/C28H29F3N2O6S/c1-28(2,3)39-27(36)32-18-7-5-6-13-10-19(40-24(13)18)20-17(29)11-15-21(23(20)38-26(30)31)33(14-8-9-14)12-16(22(15)34)25(35)37-4/h10-12,14,18,26H,5-9H2,1-4H3,(H,32,36). The molecule has 3 aromatic rings. The highest BCUT2D eigenvalue weighted by molar-refractivity contribution is 7.15. The number of rotatable bonds is 6. The van der Waals surface area contributed by atoms with Gasteiger partial charge in [-0.2, -0.15) is 8.78 Å². The van der Waals surface area contributed by atoms with Crippen molar-refractivity contribution < 1.29 is 37.0 Å². The maximum Gasteiger partial charge on any atom is 0.408 e. The molecule has 0 aliphatic heterocycles. The van der Waals surface area contributed by atoms with Gasteiger partial charge >= 0.3 is 18.7 Å². The van der Waals surface area contributed by atoms with E-state index in [1.165, 1.54) is 22.1 Å². The summed E-state index contributed by atoms with van der Waals surface area (Å²) in [5.74, 6) is -2.32. The quantitative estimate of drug-likeness (QED) is 0.336. The maximum atomic E-state index is 15.8. The Morgan fingerprint density at radius 3 is 2.52 bits per heavy atom. The number of aryl methyl sites for hydroxylation is 1. The first-order valence-electron chi connectivity index (χ1n) is 12.9. The van der Waals surface area contributed by atoms with Crippen molar-refractivity contribution in [2.45, 2.75) is 77.2 Å². The van der Waals surface area contributed by atoms with Crippen LogP contribution in [0.1, 0.15) is 79.3 Å². The van der Waals surface area contributed by atoms with Crippen LogP contribution < -0.4 is 15.5 Å². The number of alkyl halides is 2. The van der Waals surface area contributed by atoms with Crippen LogP contribution in [0.25, 0.3) is 21.3 Å². The van der Waals surface area contributed by atoms with Crippen LogP contribution in [0.2, 0.25) is 0 Å². The molecular weight excluding hydrogens is 549 g/mol. The number of esters is 1. The molecule has 1 saturated carbocycles. The van der Waals surface area contributed by atoms with E-state index < -0.39 is 47.3 Å². The van der Waals surface area contributed by atoms with Gasteiger partial charge < -0.3 is 24.1 Å². The second kappa shape index (κ2) is 10.5. The molecule has 0 spiro atoms. The molecule has 1 fully saturated rings. The predicted molar refractivity (Wildman–Crippen MR) is 143 cm³/mol. The summed E-state index contributed by atoms with van der Waals surface area (Å²) in [6.45, 7) is 1.96. The van der Waals surface area contributed by atoms with Crippen molar-refractivity contribution in [2.24, 2.45) is 0 Å². The molecular formula is C28H29F3N2O6S. The van der Waals surface area contributed by atoms with Gasteiger partial charge in [-0.3, -0.25) is 4.79 Å². The van der Waals surface area contributed by atoms with Gasteiger partial charge in [-0.25, -0.2) is 14.0 Å². The van der Waals surface area contributed by atoms with Crippen molar-refractivity contribution in [2.75, 3.05) is 7.11 Å². The highest BCUT2D eigenvalue weighted by Crippen LogP contribution is 2.48. The highest BCUT2D eigenvalue weighted by atomic mass is 32.1. The van der Waals surface area contributed by atoms with E-state index in [4.69, 9.17) is 14.2 Å². The lowest BCUT2D eigenvalue weighted by molar-refractivity contribution is -0.0487. The van der Waals surface area contributed by atoms with Gasteiger partial charge in [0.15, 0.2) is 5.75 Å². The molecule has 0 bridgehead atoms. The van der Waals surface area contributed by atoms with E-state index in [2.05, 4.69) is 5.32 Å². The van der Waals surface area contributed by atoms with Gasteiger partial charge in [-0.1, -0.05) is 0 Å². The number of carbonyl (C=O) groups excluding carboxylic acids is 2. The topological polar surface area (TPSA) is 95.9 Å². The molecule has 1 N–H and O–H groups in total. The highest BCUT2D eigenvalue weighted by Gasteiger charge is 2.33. The van der Waals surface area contributed by atoms with Gasteiger partial charge in [0.2, 0.25) is 5.43 Å². The Morgan fingerprint density at radius 1 is 1.18 bits per heavy atom. The SMILES string of the molecule is COC(=O)c1cn(C2CC2)c2c(OC(F)F)c(-c3cc4c(s3)C(NC(=O)OC(C)(C)C)CCC4)c(F)cc2c1=O. The third-order valence-corrected chi connectivity index (χ3v) is 8.12. The zero-order valence-corrected chi connectivity index (χ0v) is 23.3. The molecule has 2 aliphatic rings. The van der Waals surface area contributed by atoms with Gasteiger partial charge in [0, 0.05) is 22.0 Å². The predicted octanol–water partition coefficient (Wildman–Crippen LogP) is 6.49. The third kappa shape index (κ3) is 5.41. The zero-order chi connectivity index (χ0) is 28.9. The first-order valence-corrected chi connectivity index (χ1v) is 13.8. The van der Waals surface area contributed by atoms with Gasteiger partial charge in [0.25, 0.3) is 0 Å². The number of alkyl carbamates (subject to hydrolysis) is 1. The number of nitrogens with zero attached hydrogens (tertiary/aromatic N) is 1. The average Bonchev–Trinajstić information content (AvgIpc) is 3.61. The average molecular weight is 579 g/mol. The first kappa shape index (κ1) is 28.0. The van der Waals surface area contributed by atoms with E-state index >= 15 is 4.39 Å². The molecule has 8 nitrogen and oxygen atoms in total. The number of halogens is 3. The third-order valence-electron chi connectivity index (χ3n) is 6.81. The number of nitrogens with one attached hydrogen (secondary N) is 1. The fourth-order valence-electron chi connectivity index (χ4n) is 5.05. The number of hydrogen-bond donors (Lipinski definition) is 1. The minimum absolute atomic E-state index is 0.00773. The fourth-order valence-corrected chi connectivity index (χ4v) is 6.40. The lowest BCUT2D eigenvalue weighted by atomic mass is 9.94. The van der Waals surface area contributed by atoms with Crippen molar-refractivity contribution in [3.63, 3.8) is 0 Å². The monoisotopic (exact) mass is 578 g/mol. The number of fused-ring (bicyclic) bond motifs is 2. The molecule has 2 heterocycles. The van der Waals surface area contributed by atoms with E-state index in [-0.39, 0.29) is 28.1 Å². The number of amides is 1. The Bertz CT molecular complexity index is 1550. The van der Waals surface area contributed by atoms with Crippen LogP contribution in [-0.2, 0) is 15.9 Å². The number of aromatic nitrogens is 1. The molecule has 5 rings (SSSR count). The molecule has 40 heavy (non-hydrogen) atoms. The second-order valence-corrected chi connectivity index (χ2v) is 12.0. The zero-order valence-electron chi connectivity index (χ0n) is 22.4. The molecule has 0 saturated heterocycles. The van der Waals surface area contributed by atoms with Gasteiger partial charge in [0.05, 0.1) is 29.6 Å². The largest absolute Gasteiger partial charge is 0.465 e. The smallest absolute Gasteiger partial charge is 0.408 e. The summed E-state index contributed by atoms with van der Waals surface area (Å²) >= 11 is 1.17. The Kier molecular flexibility index (Phi) is 7.32. The maximum absolute atomic E-state index is 15.8. The van der Waals surface area contributed by atoms with E-state index in [0.29, 0.717) is 30.6 Å². The van der Waals surface area contributed by atoms with Crippen LogP contribution in [0, 0.1) is 5.82 Å². The first-order chi connectivity index (χ1) is 18.9. The van der Waals surface area contributed by atoms with E-state index in [1.807, 2.05) is 0 Å². The molecule has 1 amide bonds. The second-order valence-electron chi connectivity index (χ2n) is 10.9. The normalized spacial score (nSPS) is 17.1. The van der Waals surface area contributed by atoms with Gasteiger partial charge in [0.1, 0.15) is 17.0 Å². The number of carbonyl (C=O) groups is 2. The van der Waals surface area contributed by atoms with Crippen LogP contribution in [0.4, 0.5) is 18.0 Å². The molecule has 2 aromatic heterocycles. The summed E-state index contributed by atoms with van der Waals surface area (Å²) in [6, 6.07) is 2.11. The molecule has 1 aromatic carbocycles. The molecule has 1 unspecified atom stereocenters. The van der Waals surface area contributed by atoms with E-state index in [1.54, 1.807) is 26.8 Å². The van der Waals surface area contributed by atoms with Crippen LogP contribution >= 0.6 is 11.3 Å². The number of pyridine rings is 1. The Balaban J connectivity index is 1.68. The summed E-state index contributed by atoms with van der Waals surface area (Å²) in [6.07, 6.45) is 4.10. The molecule has 0 radical (unpaired) electrons. The van der Waals surface area contributed by atoms with Crippen LogP contribution in [0.3, 0.4) is 0 Å². The molecule has 12 heteroatoms. The van der Waals surface area contributed by atoms with Gasteiger partial charge in [-0.15, -0.1) is 11.3 Å². The van der Waals surface area contributed by atoms with Crippen molar-refractivity contribution in [3.8, 4) is 16.2 Å². The number of methoxy groups -OCH3 is 1. The Labute approximate surface area is 232 Å². The van der Waals surface area contributed by atoms with E-state index in [9.17, 15) is 23.2 Å². The minimum atomic E-state index is -3.30. The number of ether oxygens (including phenoxy) is 3. The van der Waals surface area contributed by atoms with Gasteiger partial charge in [-0.05, 0) is 70.6 Å². The Hall–Kier alpha value is -3.54. The number of hydrogen-bond acceptors (Lipinski definition) is 7. The van der Waals surface area contributed by atoms with Crippen molar-refractivity contribution >= 4 is 34.3 Å². The summed E-state index contributed by atoms with van der Waals surface area (Å²) in [4.78, 5) is 39.0. The van der Waals surface area contributed by atoms with E-state index in [0.717, 1.165) is 30.0 Å². The minimum Gasteiger partial charge on any atom is -0.465 e. The summed E-state index contributed by atoms with van der Waals surface area (Å²) in [7, 11) is 1.12. The van der Waals surface area contributed by atoms with Crippen molar-refractivity contribution in [1.82, 2.24) is 9.88 Å². The summed E-state index contributed by atoms with van der Waals surface area (Å²) in [5.41, 5.74) is -1.21. The van der Waals surface area contributed by atoms with Crippen LogP contribution in [0.15, 0.2) is 23.1 Å². The Morgan fingerprint density at radius 2 is 1.90 bits per heavy atom. The van der Waals surface area contributed by atoms with Crippen molar-refractivity contribution in [1.29, 1.82) is 0 Å². The lowest BCUT2D eigenvalue weighted by Crippen LogP contribution is -2.35. The summed E-state index contributed by atoms with van der Waals surface area (Å²) < 4.78 is 60.0. The van der Waals surface area contributed by atoms with Crippen LogP contribution in [0.5, 0.6) is 5.75 Å². The fraction of sp³-hybridized carbons (Fsp3) is 0.464. The van der Waals surface area contributed by atoms with Crippen molar-refractivity contribution in [3.05, 3.63) is 50.4 Å². The number of benzene rings is 1. The number of thiophene rings is 1. The van der Waals surface area contributed by atoms with Crippen LogP contribution in [-0.4, -0.2) is 36.0 Å². The lowest BCUT2D eigenvalue weighted by Gasteiger charge is -2.26. The molecule has 1 atom stereocenters. The molecule has 214 valence electrons.